The van der Waals surface area contributed by atoms with E-state index in [0.717, 1.165) is 11.6 Å². The maximum atomic E-state index is 14.6. The second-order valence-electron chi connectivity index (χ2n) is 7.50. The molecule has 0 saturated carbocycles. The number of aromatic nitrogens is 5. The van der Waals surface area contributed by atoms with Gasteiger partial charge >= 0.3 is 0 Å². The number of fused-ring (bicyclic) bond motifs is 1. The van der Waals surface area contributed by atoms with Crippen molar-refractivity contribution in [3.8, 4) is 28.3 Å². The van der Waals surface area contributed by atoms with Gasteiger partial charge < -0.3 is 10.1 Å². The van der Waals surface area contributed by atoms with Crippen molar-refractivity contribution in [1.82, 2.24) is 24.7 Å². The lowest BCUT2D eigenvalue weighted by Crippen LogP contribution is -2.09. The van der Waals surface area contributed by atoms with Crippen molar-refractivity contribution in [3.63, 3.8) is 0 Å². The summed E-state index contributed by atoms with van der Waals surface area (Å²) in [6, 6.07) is 12.5. The lowest BCUT2D eigenvalue weighted by Gasteiger charge is -2.15. The van der Waals surface area contributed by atoms with Gasteiger partial charge in [0.15, 0.2) is 5.82 Å². The number of hydrogen-bond donors (Lipinski definition) is 1. The Morgan fingerprint density at radius 1 is 1.00 bits per heavy atom. The van der Waals surface area contributed by atoms with Crippen LogP contribution in [0.5, 0.6) is 5.75 Å². The number of nitrogens with zero attached hydrogens (tertiary/aromatic N) is 5. The third-order valence-corrected chi connectivity index (χ3v) is 5.30. The van der Waals surface area contributed by atoms with Gasteiger partial charge in [-0.15, -0.1) is 0 Å². The quantitative estimate of drug-likeness (QED) is 0.372. The van der Waals surface area contributed by atoms with Gasteiger partial charge in [-0.3, -0.25) is 9.67 Å². The summed E-state index contributed by atoms with van der Waals surface area (Å²) in [5.41, 5.74) is 2.08. The van der Waals surface area contributed by atoms with Crippen molar-refractivity contribution in [2.24, 2.45) is 0 Å². The summed E-state index contributed by atoms with van der Waals surface area (Å²) in [5.74, 6) is 0.166. The Bertz CT molecular complexity index is 1440. The standard InChI is InChI=1S/C25H20F2N6O/c1-28-25-20-12-17(19-6-5-18(26)14-21(19)27)13-22(34-11-10-33-9-3-8-30-33)23(20)31-24(32-25)16-4-2-7-29-15-16/h2-9,12-15H,10-11H2,1H3,(H,28,31,32). The summed E-state index contributed by atoms with van der Waals surface area (Å²) in [7, 11) is 1.75. The average molecular weight is 458 g/mol. The van der Waals surface area contributed by atoms with Gasteiger partial charge in [0.05, 0.1) is 6.54 Å². The van der Waals surface area contributed by atoms with Gasteiger partial charge in [0, 0.05) is 54.4 Å². The highest BCUT2D eigenvalue weighted by molar-refractivity contribution is 5.97. The lowest BCUT2D eigenvalue weighted by atomic mass is 10.0. The van der Waals surface area contributed by atoms with Crippen molar-refractivity contribution >= 4 is 16.7 Å². The first kappa shape index (κ1) is 21.4. The van der Waals surface area contributed by atoms with Crippen molar-refractivity contribution in [1.29, 1.82) is 0 Å². The van der Waals surface area contributed by atoms with Crippen LogP contribution in [0.15, 0.2) is 73.3 Å². The fourth-order valence-corrected chi connectivity index (χ4v) is 3.69. The van der Waals surface area contributed by atoms with E-state index in [1.807, 2.05) is 24.4 Å². The van der Waals surface area contributed by atoms with E-state index in [1.54, 1.807) is 42.5 Å². The molecule has 0 aliphatic carbocycles. The van der Waals surface area contributed by atoms with E-state index in [2.05, 4.69) is 20.4 Å². The monoisotopic (exact) mass is 458 g/mol. The molecule has 0 atom stereocenters. The normalized spacial score (nSPS) is 11.0. The largest absolute Gasteiger partial charge is 0.489 e. The molecule has 7 nitrogen and oxygen atoms in total. The molecule has 9 heteroatoms. The molecule has 0 fully saturated rings. The van der Waals surface area contributed by atoms with E-state index in [-0.39, 0.29) is 5.56 Å². The minimum Gasteiger partial charge on any atom is -0.489 e. The SMILES string of the molecule is CNc1nc(-c2cccnc2)nc2c(OCCn3cccn3)cc(-c3ccc(F)cc3F)cc12. The van der Waals surface area contributed by atoms with Crippen molar-refractivity contribution in [2.75, 3.05) is 19.0 Å². The van der Waals surface area contributed by atoms with Gasteiger partial charge in [0.1, 0.15) is 35.3 Å². The van der Waals surface area contributed by atoms with Gasteiger partial charge in [0.2, 0.25) is 0 Å². The van der Waals surface area contributed by atoms with Crippen LogP contribution < -0.4 is 10.1 Å². The topological polar surface area (TPSA) is 77.8 Å². The number of hydrogen-bond acceptors (Lipinski definition) is 6. The molecule has 2 aromatic carbocycles. The zero-order valence-electron chi connectivity index (χ0n) is 18.2. The molecule has 0 spiro atoms. The molecular weight excluding hydrogens is 438 g/mol. The molecular formula is C25H20F2N6O. The smallest absolute Gasteiger partial charge is 0.163 e. The molecule has 5 rings (SSSR count). The van der Waals surface area contributed by atoms with E-state index >= 15 is 0 Å². The van der Waals surface area contributed by atoms with Gasteiger partial charge in [-0.2, -0.15) is 5.10 Å². The predicted molar refractivity (Wildman–Crippen MR) is 125 cm³/mol. The lowest BCUT2D eigenvalue weighted by molar-refractivity contribution is 0.294. The average Bonchev–Trinajstić information content (AvgIpc) is 3.37. The highest BCUT2D eigenvalue weighted by atomic mass is 19.1. The summed E-state index contributed by atoms with van der Waals surface area (Å²) in [5, 5.41) is 7.92. The molecule has 3 heterocycles. The number of anilines is 1. The van der Waals surface area contributed by atoms with Gasteiger partial charge in [0.25, 0.3) is 0 Å². The summed E-state index contributed by atoms with van der Waals surface area (Å²) >= 11 is 0. The van der Waals surface area contributed by atoms with Crippen molar-refractivity contribution in [3.05, 3.63) is 85.0 Å². The maximum Gasteiger partial charge on any atom is 0.163 e. The third-order valence-electron chi connectivity index (χ3n) is 5.30. The van der Waals surface area contributed by atoms with Crippen LogP contribution in [0.25, 0.3) is 33.4 Å². The van der Waals surface area contributed by atoms with Crippen LogP contribution >= 0.6 is 0 Å². The molecule has 0 bridgehead atoms. The van der Waals surface area contributed by atoms with Crippen molar-refractivity contribution in [2.45, 2.75) is 6.54 Å². The highest BCUT2D eigenvalue weighted by Crippen LogP contribution is 2.36. The van der Waals surface area contributed by atoms with Crippen LogP contribution in [-0.4, -0.2) is 38.4 Å². The second kappa shape index (κ2) is 9.22. The van der Waals surface area contributed by atoms with Crippen LogP contribution in [0.1, 0.15) is 0 Å². The Morgan fingerprint density at radius 3 is 2.65 bits per heavy atom. The Kier molecular flexibility index (Phi) is 5.82. The summed E-state index contributed by atoms with van der Waals surface area (Å²) in [4.78, 5) is 13.5. The van der Waals surface area contributed by atoms with Gasteiger partial charge in [-0.05, 0) is 48.0 Å². The Morgan fingerprint density at radius 2 is 1.91 bits per heavy atom. The van der Waals surface area contributed by atoms with Crippen LogP contribution in [-0.2, 0) is 6.54 Å². The number of rotatable bonds is 7. The van der Waals surface area contributed by atoms with Gasteiger partial charge in [-0.1, -0.05) is 0 Å². The van der Waals surface area contributed by atoms with Crippen LogP contribution in [0.2, 0.25) is 0 Å². The van der Waals surface area contributed by atoms with Crippen LogP contribution in [0, 0.1) is 11.6 Å². The van der Waals surface area contributed by atoms with E-state index < -0.39 is 11.6 Å². The van der Waals surface area contributed by atoms with E-state index in [0.29, 0.717) is 47.0 Å². The minimum absolute atomic E-state index is 0.249. The second-order valence-corrected chi connectivity index (χ2v) is 7.50. The Balaban J connectivity index is 1.66. The number of ether oxygens (including phenoxy) is 1. The third kappa shape index (κ3) is 4.27. The molecule has 0 aliphatic heterocycles. The zero-order chi connectivity index (χ0) is 23.5. The number of nitrogens with one attached hydrogen (secondary N) is 1. The number of benzene rings is 2. The molecule has 0 aliphatic rings. The molecule has 5 aromatic rings. The molecule has 170 valence electrons. The zero-order valence-corrected chi connectivity index (χ0v) is 18.2. The highest BCUT2D eigenvalue weighted by Gasteiger charge is 2.17. The Labute approximate surface area is 194 Å². The first-order valence-electron chi connectivity index (χ1n) is 10.6. The van der Waals surface area contributed by atoms with Crippen LogP contribution in [0.4, 0.5) is 14.6 Å². The van der Waals surface area contributed by atoms with E-state index in [9.17, 15) is 8.78 Å². The maximum absolute atomic E-state index is 14.6. The summed E-state index contributed by atoms with van der Waals surface area (Å²) < 4.78 is 36.0. The first-order valence-corrected chi connectivity index (χ1v) is 10.6. The fourth-order valence-electron chi connectivity index (χ4n) is 3.69. The molecule has 0 saturated heterocycles. The minimum atomic E-state index is -0.666. The molecule has 0 unspecified atom stereocenters. The van der Waals surface area contributed by atoms with Crippen LogP contribution in [0.3, 0.4) is 0 Å². The number of pyridine rings is 1. The molecule has 1 N–H and O–H groups in total. The first-order chi connectivity index (χ1) is 16.6. The van der Waals surface area contributed by atoms with Gasteiger partial charge in [-0.25, -0.2) is 18.7 Å². The number of halogens is 2. The fraction of sp³-hybridized carbons (Fsp3) is 0.120. The van der Waals surface area contributed by atoms with E-state index in [4.69, 9.17) is 9.72 Å². The summed E-state index contributed by atoms with van der Waals surface area (Å²) in [6.07, 6.45) is 6.89. The molecule has 0 radical (unpaired) electrons. The molecule has 34 heavy (non-hydrogen) atoms. The van der Waals surface area contributed by atoms with E-state index in [1.165, 1.54) is 12.1 Å². The Hall–Kier alpha value is -4.40. The van der Waals surface area contributed by atoms with Crippen molar-refractivity contribution < 1.29 is 13.5 Å². The summed E-state index contributed by atoms with van der Waals surface area (Å²) in [6.45, 7) is 0.830. The molecule has 0 amide bonds. The predicted octanol–water partition coefficient (Wildman–Crippen LogP) is 4.95. The molecule has 3 aromatic heterocycles.